The Hall–Kier alpha value is -1.35. The topological polar surface area (TPSA) is 46.3 Å². The van der Waals surface area contributed by atoms with E-state index in [0.717, 1.165) is 25.7 Å². The summed E-state index contributed by atoms with van der Waals surface area (Å²) in [6, 6.07) is 9.36. The predicted octanol–water partition coefficient (Wildman–Crippen LogP) is 2.40. The first-order chi connectivity index (χ1) is 9.31. The normalized spacial score (nSPS) is 21.8. The lowest BCUT2D eigenvalue weighted by Crippen LogP contribution is -2.39. The highest BCUT2D eigenvalue weighted by molar-refractivity contribution is 5.77. The van der Waals surface area contributed by atoms with Crippen LogP contribution in [0.3, 0.4) is 0 Å². The molecule has 1 unspecified atom stereocenters. The molecule has 0 saturated heterocycles. The van der Waals surface area contributed by atoms with Crippen LogP contribution in [0.4, 0.5) is 0 Å². The van der Waals surface area contributed by atoms with Crippen molar-refractivity contribution in [1.29, 1.82) is 0 Å². The van der Waals surface area contributed by atoms with Crippen molar-refractivity contribution in [2.75, 3.05) is 6.54 Å². The molecule has 3 heteroatoms. The summed E-state index contributed by atoms with van der Waals surface area (Å²) in [6.07, 6.45) is 6.24. The molecule has 1 aromatic carbocycles. The van der Waals surface area contributed by atoms with Gasteiger partial charge in [0.05, 0.1) is 6.04 Å². The maximum absolute atomic E-state index is 12.4. The van der Waals surface area contributed by atoms with Gasteiger partial charge in [-0.25, -0.2) is 0 Å². The van der Waals surface area contributed by atoms with E-state index in [2.05, 4.69) is 29.2 Å². The van der Waals surface area contributed by atoms with Gasteiger partial charge in [0, 0.05) is 19.0 Å². The lowest BCUT2D eigenvalue weighted by atomic mass is 9.86. The third-order valence-corrected chi connectivity index (χ3v) is 4.26. The fourth-order valence-corrected chi connectivity index (χ4v) is 3.25. The fraction of sp³-hybridized carbons (Fsp3) is 0.562. The molecule has 1 saturated carbocycles. The van der Waals surface area contributed by atoms with E-state index in [1.807, 2.05) is 0 Å². The average Bonchev–Trinajstić information content (AvgIpc) is 3.24. The maximum Gasteiger partial charge on any atom is 0.224 e. The molecule has 0 aliphatic heterocycles. The minimum atomic E-state index is 0.242. The van der Waals surface area contributed by atoms with E-state index in [-0.39, 0.29) is 11.9 Å². The van der Waals surface area contributed by atoms with Crippen LogP contribution in [0, 0.1) is 0 Å². The van der Waals surface area contributed by atoms with E-state index >= 15 is 0 Å². The highest BCUT2D eigenvalue weighted by Crippen LogP contribution is 2.40. The molecule has 2 aliphatic carbocycles. The second-order valence-electron chi connectivity index (χ2n) is 5.68. The number of nitrogens with two attached hydrogens (primary N) is 1. The Morgan fingerprint density at radius 3 is 2.79 bits per heavy atom. The Bertz CT molecular complexity index is 468. The SMILES string of the molecule is NCCC(=O)N(C1CC1)C1CCCc2ccccc21. The van der Waals surface area contributed by atoms with Crippen molar-refractivity contribution in [3.63, 3.8) is 0 Å². The Kier molecular flexibility index (Phi) is 3.56. The van der Waals surface area contributed by atoms with Gasteiger partial charge in [-0.1, -0.05) is 24.3 Å². The molecule has 0 aromatic heterocycles. The van der Waals surface area contributed by atoms with Crippen molar-refractivity contribution >= 4 is 5.91 Å². The number of hydrogen-bond donors (Lipinski definition) is 1. The molecule has 1 aromatic rings. The Morgan fingerprint density at radius 2 is 2.05 bits per heavy atom. The molecule has 0 spiro atoms. The van der Waals surface area contributed by atoms with Gasteiger partial charge >= 0.3 is 0 Å². The van der Waals surface area contributed by atoms with Crippen LogP contribution in [0.5, 0.6) is 0 Å². The van der Waals surface area contributed by atoms with Crippen LogP contribution in [-0.4, -0.2) is 23.4 Å². The summed E-state index contributed by atoms with van der Waals surface area (Å²) in [7, 11) is 0. The largest absolute Gasteiger partial charge is 0.333 e. The summed E-state index contributed by atoms with van der Waals surface area (Å²) in [5, 5.41) is 0. The molecule has 0 bridgehead atoms. The molecule has 3 rings (SSSR count). The van der Waals surface area contributed by atoms with E-state index in [0.29, 0.717) is 19.0 Å². The molecule has 2 N–H and O–H groups in total. The van der Waals surface area contributed by atoms with Crippen molar-refractivity contribution in [3.8, 4) is 0 Å². The number of carbonyl (C=O) groups is 1. The van der Waals surface area contributed by atoms with E-state index in [9.17, 15) is 4.79 Å². The molecule has 102 valence electrons. The molecule has 3 nitrogen and oxygen atoms in total. The van der Waals surface area contributed by atoms with Gasteiger partial charge in [0.15, 0.2) is 0 Å². The molecule has 0 radical (unpaired) electrons. The van der Waals surface area contributed by atoms with Crippen LogP contribution in [0.2, 0.25) is 0 Å². The Labute approximate surface area is 114 Å². The van der Waals surface area contributed by atoms with Crippen molar-refractivity contribution in [3.05, 3.63) is 35.4 Å². The zero-order chi connectivity index (χ0) is 13.2. The van der Waals surface area contributed by atoms with E-state index in [1.165, 1.54) is 17.5 Å². The minimum Gasteiger partial charge on any atom is -0.333 e. The summed E-state index contributed by atoms with van der Waals surface area (Å²) >= 11 is 0. The van der Waals surface area contributed by atoms with Crippen molar-refractivity contribution < 1.29 is 4.79 Å². The first-order valence-corrected chi connectivity index (χ1v) is 7.40. The molecule has 19 heavy (non-hydrogen) atoms. The molecule has 1 fully saturated rings. The van der Waals surface area contributed by atoms with Gasteiger partial charge < -0.3 is 10.6 Å². The van der Waals surface area contributed by atoms with Gasteiger partial charge in [-0.2, -0.15) is 0 Å². The summed E-state index contributed by atoms with van der Waals surface area (Å²) in [6.45, 7) is 0.455. The van der Waals surface area contributed by atoms with Gasteiger partial charge in [0.2, 0.25) is 5.91 Å². The third-order valence-electron chi connectivity index (χ3n) is 4.26. The lowest BCUT2D eigenvalue weighted by molar-refractivity contribution is -0.134. The second kappa shape index (κ2) is 5.33. The average molecular weight is 258 g/mol. The predicted molar refractivity (Wildman–Crippen MR) is 75.7 cm³/mol. The van der Waals surface area contributed by atoms with Crippen molar-refractivity contribution in [1.82, 2.24) is 4.90 Å². The standard InChI is InChI=1S/C16H22N2O/c17-11-10-16(19)18(13-8-9-13)15-7-3-5-12-4-1-2-6-14(12)15/h1-2,4,6,13,15H,3,5,7-11,17H2. The van der Waals surface area contributed by atoms with Gasteiger partial charge in [0.1, 0.15) is 0 Å². The first kappa shape index (κ1) is 12.7. The highest BCUT2D eigenvalue weighted by Gasteiger charge is 2.38. The molecular weight excluding hydrogens is 236 g/mol. The highest BCUT2D eigenvalue weighted by atomic mass is 16.2. The number of rotatable bonds is 4. The van der Waals surface area contributed by atoms with Gasteiger partial charge in [-0.05, 0) is 43.2 Å². The number of carbonyl (C=O) groups excluding carboxylic acids is 1. The van der Waals surface area contributed by atoms with E-state index in [1.54, 1.807) is 0 Å². The zero-order valence-corrected chi connectivity index (χ0v) is 11.3. The number of amides is 1. The van der Waals surface area contributed by atoms with Crippen LogP contribution in [-0.2, 0) is 11.2 Å². The quantitative estimate of drug-likeness (QED) is 0.901. The number of aryl methyl sites for hydroxylation is 1. The number of benzene rings is 1. The van der Waals surface area contributed by atoms with Crippen LogP contribution >= 0.6 is 0 Å². The summed E-state index contributed by atoms with van der Waals surface area (Å²) < 4.78 is 0. The number of hydrogen-bond acceptors (Lipinski definition) is 2. The first-order valence-electron chi connectivity index (χ1n) is 7.40. The van der Waals surface area contributed by atoms with Gasteiger partial charge in [0.25, 0.3) is 0 Å². The molecule has 0 heterocycles. The summed E-state index contributed by atoms with van der Waals surface area (Å²) in [5.41, 5.74) is 8.35. The van der Waals surface area contributed by atoms with E-state index in [4.69, 9.17) is 5.73 Å². The number of nitrogens with zero attached hydrogens (tertiary/aromatic N) is 1. The second-order valence-corrected chi connectivity index (χ2v) is 5.68. The van der Waals surface area contributed by atoms with Gasteiger partial charge in [-0.15, -0.1) is 0 Å². The van der Waals surface area contributed by atoms with E-state index < -0.39 is 0 Å². The fourth-order valence-electron chi connectivity index (χ4n) is 3.25. The monoisotopic (exact) mass is 258 g/mol. The Morgan fingerprint density at radius 1 is 1.26 bits per heavy atom. The molecule has 1 amide bonds. The lowest BCUT2D eigenvalue weighted by Gasteiger charge is -2.36. The number of fused-ring (bicyclic) bond motifs is 1. The van der Waals surface area contributed by atoms with Crippen LogP contribution in [0.1, 0.15) is 49.3 Å². The Balaban J connectivity index is 1.89. The van der Waals surface area contributed by atoms with Crippen molar-refractivity contribution in [2.45, 2.75) is 50.6 Å². The van der Waals surface area contributed by atoms with Crippen LogP contribution in [0.25, 0.3) is 0 Å². The minimum absolute atomic E-state index is 0.242. The molecular formula is C16H22N2O. The van der Waals surface area contributed by atoms with Crippen molar-refractivity contribution in [2.24, 2.45) is 5.73 Å². The van der Waals surface area contributed by atoms with Gasteiger partial charge in [-0.3, -0.25) is 4.79 Å². The zero-order valence-electron chi connectivity index (χ0n) is 11.3. The molecule has 1 atom stereocenters. The maximum atomic E-state index is 12.4. The van der Waals surface area contributed by atoms with Crippen LogP contribution in [0.15, 0.2) is 24.3 Å². The third kappa shape index (κ3) is 2.52. The summed E-state index contributed by atoms with van der Waals surface area (Å²) in [4.78, 5) is 14.5. The smallest absolute Gasteiger partial charge is 0.224 e. The summed E-state index contributed by atoms with van der Waals surface area (Å²) in [5.74, 6) is 0.242. The molecule has 2 aliphatic rings. The van der Waals surface area contributed by atoms with Crippen LogP contribution < -0.4 is 5.73 Å².